The van der Waals surface area contributed by atoms with Crippen molar-refractivity contribution >= 4 is 33.6 Å². The molecule has 0 spiro atoms. The molecule has 0 saturated heterocycles. The molecule has 0 bridgehead atoms. The van der Waals surface area contributed by atoms with Crippen molar-refractivity contribution in [1.29, 1.82) is 0 Å². The average Bonchev–Trinajstić information content (AvgIpc) is 2.12. The summed E-state index contributed by atoms with van der Waals surface area (Å²) in [6, 6.07) is 7.41. The summed E-state index contributed by atoms with van der Waals surface area (Å²) in [4.78, 5) is 11.4. The average molecular weight is 272 g/mol. The molecule has 0 aliphatic rings. The monoisotopic (exact) mass is 272 g/mol. The fraction of sp³-hybridized carbons (Fsp3) is 0. The van der Waals surface area contributed by atoms with E-state index in [-0.39, 0.29) is 5.56 Å². The molecule has 0 saturated carbocycles. The summed E-state index contributed by atoms with van der Waals surface area (Å²) in [5.74, 6) is 0. The third kappa shape index (κ3) is 1.12. The molecule has 0 aliphatic carbocycles. The van der Waals surface area contributed by atoms with E-state index < -0.39 is 0 Å². The Morgan fingerprint density at radius 3 is 2.92 bits per heavy atom. The SMILES string of the molecule is O=c1c2ccccc2cnn1I. The maximum Gasteiger partial charge on any atom is 0.283 e. The predicted molar refractivity (Wildman–Crippen MR) is 55.4 cm³/mol. The number of hydrogen-bond donors (Lipinski definition) is 0. The Morgan fingerprint density at radius 2 is 2.08 bits per heavy atom. The summed E-state index contributed by atoms with van der Waals surface area (Å²) in [7, 11) is 0. The molecule has 0 atom stereocenters. The third-order valence-corrected chi connectivity index (χ3v) is 2.34. The molecule has 4 heteroatoms. The first-order valence-corrected chi connectivity index (χ1v) is 4.39. The second-order valence-electron chi connectivity index (χ2n) is 2.40. The minimum atomic E-state index is -0.0614. The number of fused-ring (bicyclic) bond motifs is 1. The van der Waals surface area contributed by atoms with Gasteiger partial charge in [-0.15, -0.1) is 0 Å². The first-order valence-electron chi connectivity index (χ1n) is 3.42. The quantitative estimate of drug-likeness (QED) is 0.683. The van der Waals surface area contributed by atoms with E-state index in [1.165, 1.54) is 2.90 Å². The summed E-state index contributed by atoms with van der Waals surface area (Å²) in [6.45, 7) is 0. The lowest BCUT2D eigenvalue weighted by molar-refractivity contribution is 0.978. The maximum atomic E-state index is 11.4. The molecule has 2 aromatic rings. The molecule has 0 fully saturated rings. The lowest BCUT2D eigenvalue weighted by Crippen LogP contribution is -2.14. The minimum absolute atomic E-state index is 0.0614. The van der Waals surface area contributed by atoms with Crippen molar-refractivity contribution in [3.63, 3.8) is 0 Å². The first-order chi connectivity index (χ1) is 5.79. The Bertz CT molecular complexity index is 478. The van der Waals surface area contributed by atoms with E-state index in [4.69, 9.17) is 0 Å². The van der Waals surface area contributed by atoms with Gasteiger partial charge in [-0.25, -0.2) is 0 Å². The van der Waals surface area contributed by atoms with Crippen molar-refractivity contribution in [2.75, 3.05) is 0 Å². The van der Waals surface area contributed by atoms with Crippen LogP contribution < -0.4 is 5.56 Å². The molecule has 1 heterocycles. The van der Waals surface area contributed by atoms with Crippen LogP contribution >= 0.6 is 22.9 Å². The van der Waals surface area contributed by atoms with Crippen molar-refractivity contribution < 1.29 is 0 Å². The van der Waals surface area contributed by atoms with Gasteiger partial charge in [0.25, 0.3) is 5.56 Å². The van der Waals surface area contributed by atoms with Gasteiger partial charge in [-0.05, 0) is 6.07 Å². The van der Waals surface area contributed by atoms with Gasteiger partial charge >= 0.3 is 0 Å². The van der Waals surface area contributed by atoms with Crippen LogP contribution in [0.25, 0.3) is 10.8 Å². The summed E-state index contributed by atoms with van der Waals surface area (Å²) in [6.07, 6.45) is 1.68. The highest BCUT2D eigenvalue weighted by molar-refractivity contribution is 14.1. The molecule has 1 aromatic carbocycles. The van der Waals surface area contributed by atoms with E-state index in [1.54, 1.807) is 12.3 Å². The summed E-state index contributed by atoms with van der Waals surface area (Å²) in [5.41, 5.74) is -0.0614. The summed E-state index contributed by atoms with van der Waals surface area (Å²) >= 11 is 1.87. The van der Waals surface area contributed by atoms with Gasteiger partial charge in [0.1, 0.15) is 0 Å². The van der Waals surface area contributed by atoms with Crippen molar-refractivity contribution in [3.05, 3.63) is 40.8 Å². The van der Waals surface area contributed by atoms with E-state index >= 15 is 0 Å². The topological polar surface area (TPSA) is 34.9 Å². The van der Waals surface area contributed by atoms with Crippen LogP contribution in [0, 0.1) is 0 Å². The highest BCUT2D eigenvalue weighted by Gasteiger charge is 1.98. The number of aromatic nitrogens is 2. The molecule has 0 N–H and O–H groups in total. The van der Waals surface area contributed by atoms with Crippen LogP contribution in [0.2, 0.25) is 0 Å². The zero-order valence-corrected chi connectivity index (χ0v) is 8.22. The molecule has 1 aromatic heterocycles. The summed E-state index contributed by atoms with van der Waals surface area (Å²) in [5, 5.41) is 5.49. The molecular weight excluding hydrogens is 267 g/mol. The van der Waals surface area contributed by atoms with Gasteiger partial charge in [-0.2, -0.15) is 7.99 Å². The van der Waals surface area contributed by atoms with E-state index in [2.05, 4.69) is 5.10 Å². The van der Waals surface area contributed by atoms with Gasteiger partial charge in [0.05, 0.1) is 34.4 Å². The molecular formula is C8H5IN2O. The number of rotatable bonds is 0. The van der Waals surface area contributed by atoms with Crippen molar-refractivity contribution in [2.45, 2.75) is 0 Å². The van der Waals surface area contributed by atoms with Crippen molar-refractivity contribution in [2.24, 2.45) is 0 Å². The Kier molecular flexibility index (Phi) is 1.84. The lowest BCUT2D eigenvalue weighted by atomic mass is 10.2. The van der Waals surface area contributed by atoms with E-state index in [1.807, 2.05) is 41.1 Å². The van der Waals surface area contributed by atoms with Crippen LogP contribution in [0.3, 0.4) is 0 Å². The molecule has 3 nitrogen and oxygen atoms in total. The smallest absolute Gasteiger partial charge is 0.266 e. The van der Waals surface area contributed by atoms with E-state index in [0.717, 1.165) is 5.39 Å². The van der Waals surface area contributed by atoms with Crippen LogP contribution in [0.4, 0.5) is 0 Å². The number of nitrogens with zero attached hydrogens (tertiary/aromatic N) is 2. The Balaban J connectivity index is 3.01. The maximum absolute atomic E-state index is 11.4. The molecule has 0 radical (unpaired) electrons. The highest BCUT2D eigenvalue weighted by Crippen LogP contribution is 2.06. The van der Waals surface area contributed by atoms with Crippen LogP contribution in [-0.4, -0.2) is 7.99 Å². The normalized spacial score (nSPS) is 10.4. The fourth-order valence-electron chi connectivity index (χ4n) is 1.07. The Morgan fingerprint density at radius 1 is 1.33 bits per heavy atom. The molecule has 0 amide bonds. The van der Waals surface area contributed by atoms with Crippen LogP contribution in [-0.2, 0) is 0 Å². The van der Waals surface area contributed by atoms with Gasteiger partial charge in [0, 0.05) is 5.39 Å². The van der Waals surface area contributed by atoms with Gasteiger partial charge in [-0.3, -0.25) is 4.79 Å². The van der Waals surface area contributed by atoms with Gasteiger partial charge in [-0.1, -0.05) is 18.2 Å². The Labute approximate surface area is 82.5 Å². The molecule has 60 valence electrons. The Hall–Kier alpha value is -0.910. The molecule has 0 unspecified atom stereocenters. The zero-order chi connectivity index (χ0) is 8.55. The largest absolute Gasteiger partial charge is 0.283 e. The van der Waals surface area contributed by atoms with E-state index in [9.17, 15) is 4.79 Å². The van der Waals surface area contributed by atoms with Crippen LogP contribution in [0.1, 0.15) is 0 Å². The highest BCUT2D eigenvalue weighted by atomic mass is 127. The molecule has 12 heavy (non-hydrogen) atoms. The van der Waals surface area contributed by atoms with Crippen molar-refractivity contribution in [3.8, 4) is 0 Å². The zero-order valence-electron chi connectivity index (χ0n) is 6.07. The van der Waals surface area contributed by atoms with E-state index in [0.29, 0.717) is 5.39 Å². The number of hydrogen-bond acceptors (Lipinski definition) is 2. The second-order valence-corrected chi connectivity index (χ2v) is 3.31. The van der Waals surface area contributed by atoms with Gasteiger partial charge < -0.3 is 0 Å². The number of halogens is 1. The fourth-order valence-corrected chi connectivity index (χ4v) is 1.45. The number of benzene rings is 1. The van der Waals surface area contributed by atoms with Crippen LogP contribution in [0.15, 0.2) is 35.3 Å². The molecule has 2 rings (SSSR count). The first kappa shape index (κ1) is 7.72. The lowest BCUT2D eigenvalue weighted by Gasteiger charge is -1.96. The minimum Gasteiger partial charge on any atom is -0.266 e. The molecule has 0 aliphatic heterocycles. The van der Waals surface area contributed by atoms with Crippen LogP contribution in [0.5, 0.6) is 0 Å². The second kappa shape index (κ2) is 2.85. The van der Waals surface area contributed by atoms with Gasteiger partial charge in [0.2, 0.25) is 0 Å². The predicted octanol–water partition coefficient (Wildman–Crippen LogP) is 1.59. The van der Waals surface area contributed by atoms with Gasteiger partial charge in [0.15, 0.2) is 0 Å². The standard InChI is InChI=1S/C8H5IN2O/c9-11-8(12)7-4-2-1-3-6(7)5-10-11/h1-5H. The third-order valence-electron chi connectivity index (χ3n) is 1.66. The van der Waals surface area contributed by atoms with Crippen molar-refractivity contribution in [1.82, 2.24) is 7.99 Å². The summed E-state index contributed by atoms with van der Waals surface area (Å²) < 4.78 is 1.31.